The molecule has 112 valence electrons. The van der Waals surface area contributed by atoms with Gasteiger partial charge in [0.05, 0.1) is 19.1 Å². The Bertz CT molecular complexity index is 471. The Morgan fingerprint density at radius 3 is 2.55 bits per heavy atom. The molecular weight excluding hydrogens is 285 g/mol. The number of carbonyl (C=O) groups excluding carboxylic acids is 2. The molecule has 0 aromatic heterocycles. The van der Waals surface area contributed by atoms with E-state index in [1.807, 2.05) is 0 Å². The van der Waals surface area contributed by atoms with Crippen LogP contribution in [0.5, 0.6) is 0 Å². The minimum Gasteiger partial charge on any atom is -0.346 e. The predicted octanol–water partition coefficient (Wildman–Crippen LogP) is 0.842. The first-order chi connectivity index (χ1) is 8.97. The number of benzene rings is 1. The van der Waals surface area contributed by atoms with Crippen LogP contribution in [0, 0.1) is 5.82 Å². The number of hydrogen-bond acceptors (Lipinski definition) is 3. The van der Waals surface area contributed by atoms with E-state index in [1.165, 1.54) is 11.0 Å². The maximum absolute atomic E-state index is 13.6. The smallest absolute Gasteiger partial charge is 0.242 e. The average Bonchev–Trinajstić information content (AvgIpc) is 2.43. The van der Waals surface area contributed by atoms with E-state index in [0.29, 0.717) is 5.56 Å². The van der Waals surface area contributed by atoms with Gasteiger partial charge in [-0.3, -0.25) is 9.59 Å². The number of halogens is 2. The van der Waals surface area contributed by atoms with Gasteiger partial charge in [-0.25, -0.2) is 4.39 Å². The number of hydrogen-bond donors (Lipinski definition) is 2. The fourth-order valence-corrected chi connectivity index (χ4v) is 1.61. The number of likely N-dealkylation sites (N-methyl/N-ethyl adjacent to an activating group) is 1. The van der Waals surface area contributed by atoms with E-state index in [9.17, 15) is 14.0 Å². The molecule has 0 aliphatic carbocycles. The largest absolute Gasteiger partial charge is 0.346 e. The second-order valence-electron chi connectivity index (χ2n) is 4.18. The van der Waals surface area contributed by atoms with Gasteiger partial charge < -0.3 is 16.0 Å². The molecule has 7 heteroatoms. The zero-order chi connectivity index (χ0) is 14.4. The summed E-state index contributed by atoms with van der Waals surface area (Å²) in [6.45, 7) is 1.41. The molecule has 20 heavy (non-hydrogen) atoms. The number of nitrogens with zero attached hydrogens (tertiary/aromatic N) is 1. The molecule has 1 aromatic rings. The highest BCUT2D eigenvalue weighted by Gasteiger charge is 2.19. The van der Waals surface area contributed by atoms with Gasteiger partial charge in [0.15, 0.2) is 0 Å². The Labute approximate surface area is 123 Å². The number of amides is 2. The second kappa shape index (κ2) is 8.50. The highest BCUT2D eigenvalue weighted by atomic mass is 35.5. The zero-order valence-corrected chi connectivity index (χ0v) is 12.2. The van der Waals surface area contributed by atoms with Crippen molar-refractivity contribution in [3.63, 3.8) is 0 Å². The third kappa shape index (κ3) is 4.79. The van der Waals surface area contributed by atoms with Crippen LogP contribution in [0.25, 0.3) is 0 Å². The first-order valence-corrected chi connectivity index (χ1v) is 5.94. The van der Waals surface area contributed by atoms with Crippen molar-refractivity contribution in [1.29, 1.82) is 0 Å². The molecule has 5 nitrogen and oxygen atoms in total. The van der Waals surface area contributed by atoms with Gasteiger partial charge in [-0.05, 0) is 13.0 Å². The van der Waals surface area contributed by atoms with Crippen molar-refractivity contribution < 1.29 is 14.0 Å². The van der Waals surface area contributed by atoms with E-state index in [-0.39, 0.29) is 37.2 Å². The van der Waals surface area contributed by atoms with Crippen LogP contribution in [-0.4, -0.2) is 36.9 Å². The van der Waals surface area contributed by atoms with Crippen LogP contribution >= 0.6 is 12.4 Å². The summed E-state index contributed by atoms with van der Waals surface area (Å²) in [5.74, 6) is -1.07. The lowest BCUT2D eigenvalue weighted by atomic mass is 10.1. The minimum atomic E-state index is -0.413. The molecule has 1 aromatic carbocycles. The third-order valence-corrected chi connectivity index (χ3v) is 2.95. The molecule has 0 radical (unpaired) electrons. The number of nitrogens with two attached hydrogens (primary N) is 1. The van der Waals surface area contributed by atoms with Crippen molar-refractivity contribution in [2.24, 2.45) is 5.73 Å². The molecule has 0 spiro atoms. The summed E-state index contributed by atoms with van der Waals surface area (Å²) in [6, 6.07) is 5.87. The normalized spacial score (nSPS) is 11.2. The van der Waals surface area contributed by atoms with Gasteiger partial charge >= 0.3 is 0 Å². The number of nitrogens with one attached hydrogen (secondary N) is 1. The molecule has 1 atom stereocenters. The molecule has 0 saturated carbocycles. The van der Waals surface area contributed by atoms with Crippen LogP contribution in [0.3, 0.4) is 0 Å². The maximum atomic E-state index is 13.6. The van der Waals surface area contributed by atoms with Crippen LogP contribution < -0.4 is 11.1 Å². The summed E-state index contributed by atoms with van der Waals surface area (Å²) >= 11 is 0. The molecule has 0 fully saturated rings. The number of carbonyl (C=O) groups is 2. The monoisotopic (exact) mass is 303 g/mol. The van der Waals surface area contributed by atoms with Crippen molar-refractivity contribution in [3.8, 4) is 0 Å². The highest BCUT2D eigenvalue weighted by Crippen LogP contribution is 2.21. The van der Waals surface area contributed by atoms with Crippen molar-refractivity contribution in [2.45, 2.75) is 13.0 Å². The molecule has 0 aliphatic rings. The van der Waals surface area contributed by atoms with Gasteiger partial charge in [0.1, 0.15) is 5.82 Å². The van der Waals surface area contributed by atoms with E-state index in [1.54, 1.807) is 32.2 Å². The molecular formula is C13H19ClFN3O2. The fourth-order valence-electron chi connectivity index (χ4n) is 1.61. The Morgan fingerprint density at radius 1 is 1.40 bits per heavy atom. The predicted molar refractivity (Wildman–Crippen MR) is 76.9 cm³/mol. The minimum absolute atomic E-state index is 0. The molecule has 2 amide bonds. The van der Waals surface area contributed by atoms with Gasteiger partial charge in [-0.1, -0.05) is 18.2 Å². The summed E-state index contributed by atoms with van der Waals surface area (Å²) in [4.78, 5) is 24.2. The summed E-state index contributed by atoms with van der Waals surface area (Å²) in [6.07, 6.45) is 0. The van der Waals surface area contributed by atoms with Crippen LogP contribution in [0.1, 0.15) is 18.5 Å². The molecule has 0 saturated heterocycles. The summed E-state index contributed by atoms with van der Waals surface area (Å²) < 4.78 is 13.6. The van der Waals surface area contributed by atoms with Gasteiger partial charge in [-0.15, -0.1) is 12.4 Å². The molecule has 1 unspecified atom stereocenters. The van der Waals surface area contributed by atoms with E-state index >= 15 is 0 Å². The Morgan fingerprint density at radius 2 is 2.00 bits per heavy atom. The maximum Gasteiger partial charge on any atom is 0.242 e. The lowest BCUT2D eigenvalue weighted by Crippen LogP contribution is -2.41. The van der Waals surface area contributed by atoms with Crippen molar-refractivity contribution in [1.82, 2.24) is 10.2 Å². The van der Waals surface area contributed by atoms with Gasteiger partial charge in [0.25, 0.3) is 0 Å². The average molecular weight is 304 g/mol. The Balaban J connectivity index is 0.00000361. The van der Waals surface area contributed by atoms with Crippen LogP contribution in [-0.2, 0) is 9.59 Å². The zero-order valence-electron chi connectivity index (χ0n) is 11.4. The van der Waals surface area contributed by atoms with Crippen molar-refractivity contribution in [2.75, 3.05) is 20.1 Å². The van der Waals surface area contributed by atoms with Gasteiger partial charge in [0, 0.05) is 12.6 Å². The molecule has 0 aliphatic heterocycles. The topological polar surface area (TPSA) is 75.4 Å². The lowest BCUT2D eigenvalue weighted by molar-refractivity contribution is -0.133. The van der Waals surface area contributed by atoms with Crippen molar-refractivity contribution >= 4 is 24.2 Å². The second-order valence-corrected chi connectivity index (χ2v) is 4.18. The SMILES string of the molecule is CC(c1ccccc1F)N(C)C(=O)CNC(=O)CN.Cl. The van der Waals surface area contributed by atoms with E-state index in [0.717, 1.165) is 0 Å². The molecule has 0 heterocycles. The first kappa shape index (κ1) is 18.3. The summed E-state index contributed by atoms with van der Waals surface area (Å²) in [5.41, 5.74) is 5.55. The van der Waals surface area contributed by atoms with E-state index < -0.39 is 11.9 Å². The highest BCUT2D eigenvalue weighted by molar-refractivity contribution is 5.85. The first-order valence-electron chi connectivity index (χ1n) is 5.94. The van der Waals surface area contributed by atoms with E-state index in [4.69, 9.17) is 5.73 Å². The van der Waals surface area contributed by atoms with Gasteiger partial charge in [0.2, 0.25) is 11.8 Å². The quantitative estimate of drug-likeness (QED) is 0.846. The number of rotatable bonds is 5. The standard InChI is InChI=1S/C13H18FN3O2.ClH/c1-9(10-5-3-4-6-11(10)14)17(2)13(19)8-16-12(18)7-15;/h3-6,9H,7-8,15H2,1-2H3,(H,16,18);1H. The van der Waals surface area contributed by atoms with Gasteiger partial charge in [-0.2, -0.15) is 0 Å². The van der Waals surface area contributed by atoms with E-state index in [2.05, 4.69) is 5.32 Å². The Hall–Kier alpha value is -1.66. The van der Waals surface area contributed by atoms with Crippen LogP contribution in [0.15, 0.2) is 24.3 Å². The van der Waals surface area contributed by atoms with Crippen LogP contribution in [0.2, 0.25) is 0 Å². The molecule has 0 bridgehead atoms. The summed E-state index contributed by atoms with van der Waals surface area (Å²) in [7, 11) is 1.56. The molecule has 3 N–H and O–H groups in total. The lowest BCUT2D eigenvalue weighted by Gasteiger charge is -2.25. The third-order valence-electron chi connectivity index (χ3n) is 2.95. The van der Waals surface area contributed by atoms with Crippen molar-refractivity contribution in [3.05, 3.63) is 35.6 Å². The van der Waals surface area contributed by atoms with Crippen LogP contribution in [0.4, 0.5) is 4.39 Å². The Kier molecular flexibility index (Phi) is 7.79. The summed E-state index contributed by atoms with van der Waals surface area (Å²) in [5, 5.41) is 2.39. The fraction of sp³-hybridized carbons (Fsp3) is 0.385. The molecule has 1 rings (SSSR count).